The number of rotatable bonds is 56. The summed E-state index contributed by atoms with van der Waals surface area (Å²) in [6, 6.07) is 0. The van der Waals surface area contributed by atoms with Crippen molar-refractivity contribution >= 4 is 17.9 Å². The molecule has 0 aromatic rings. The van der Waals surface area contributed by atoms with Crippen molar-refractivity contribution in [3.8, 4) is 0 Å². The van der Waals surface area contributed by atoms with Gasteiger partial charge in [-0.25, -0.2) is 0 Å². The predicted octanol–water partition coefficient (Wildman–Crippen LogP) is 22.4. The molecular formula is C75H116O6. The van der Waals surface area contributed by atoms with Crippen molar-refractivity contribution < 1.29 is 28.6 Å². The van der Waals surface area contributed by atoms with E-state index in [2.05, 4.69) is 203 Å². The summed E-state index contributed by atoms with van der Waals surface area (Å²) in [6.45, 7) is 6.28. The Morgan fingerprint density at radius 3 is 0.753 bits per heavy atom. The van der Waals surface area contributed by atoms with Crippen LogP contribution in [0.25, 0.3) is 0 Å². The number of ether oxygens (including phenoxy) is 3. The van der Waals surface area contributed by atoms with Gasteiger partial charge in [0.1, 0.15) is 13.2 Å². The van der Waals surface area contributed by atoms with Gasteiger partial charge in [-0.3, -0.25) is 14.4 Å². The van der Waals surface area contributed by atoms with Gasteiger partial charge in [0.2, 0.25) is 0 Å². The van der Waals surface area contributed by atoms with Gasteiger partial charge < -0.3 is 14.2 Å². The molecule has 1 unspecified atom stereocenters. The summed E-state index contributed by atoms with van der Waals surface area (Å²) < 4.78 is 16.7. The minimum absolute atomic E-state index is 0.0993. The molecular weight excluding hydrogens is 997 g/mol. The van der Waals surface area contributed by atoms with Gasteiger partial charge in [-0.05, 0) is 141 Å². The van der Waals surface area contributed by atoms with Crippen LogP contribution in [0.4, 0.5) is 0 Å². The SMILES string of the molecule is CC/C=C\C/C=C\C/C=C\C/C=C\C/C=C\C/C=C\C/C=C\C/C=C\C/C=C\C/C=C\CCCCCCC(=O)OCC(COC(=O)CCCCCCC)OC(=O)CCCCCCCCC/C=C\C/C=C\C/C=C\C/C=C\C/C=C\CC. The maximum absolute atomic E-state index is 12.8. The number of esters is 3. The lowest BCUT2D eigenvalue weighted by Gasteiger charge is -2.18. The zero-order chi connectivity index (χ0) is 58.5. The summed E-state index contributed by atoms with van der Waals surface area (Å²) in [6.07, 6.45) is 101. The van der Waals surface area contributed by atoms with Gasteiger partial charge in [0.25, 0.3) is 0 Å². The van der Waals surface area contributed by atoms with Crippen molar-refractivity contribution in [2.24, 2.45) is 0 Å². The highest BCUT2D eigenvalue weighted by Gasteiger charge is 2.19. The van der Waals surface area contributed by atoms with Crippen LogP contribution >= 0.6 is 0 Å². The van der Waals surface area contributed by atoms with E-state index in [1.165, 1.54) is 19.3 Å². The Labute approximate surface area is 497 Å². The van der Waals surface area contributed by atoms with Crippen LogP contribution in [0.2, 0.25) is 0 Å². The van der Waals surface area contributed by atoms with Crippen LogP contribution in [-0.2, 0) is 28.6 Å². The Kier molecular flexibility index (Phi) is 62.5. The number of hydrogen-bond donors (Lipinski definition) is 0. The van der Waals surface area contributed by atoms with Crippen LogP contribution in [0.3, 0.4) is 0 Å². The molecule has 0 aliphatic rings. The zero-order valence-corrected chi connectivity index (χ0v) is 51.7. The van der Waals surface area contributed by atoms with Gasteiger partial charge in [-0.15, -0.1) is 0 Å². The molecule has 0 aromatic heterocycles. The van der Waals surface area contributed by atoms with E-state index in [9.17, 15) is 14.4 Å². The molecule has 0 N–H and O–H groups in total. The number of carbonyl (C=O) groups excluding carboxylic acids is 3. The second kappa shape index (κ2) is 67.0. The quantitative estimate of drug-likeness (QED) is 0.0261. The number of allylic oxidation sites excluding steroid dienone is 30. The predicted molar refractivity (Wildman–Crippen MR) is 352 cm³/mol. The third-order valence-electron chi connectivity index (χ3n) is 12.9. The Morgan fingerprint density at radius 2 is 0.481 bits per heavy atom. The van der Waals surface area contributed by atoms with Crippen molar-refractivity contribution in [1.29, 1.82) is 0 Å². The normalized spacial score (nSPS) is 13.4. The average molecular weight is 1110 g/mol. The van der Waals surface area contributed by atoms with Crippen molar-refractivity contribution in [2.75, 3.05) is 13.2 Å². The van der Waals surface area contributed by atoms with Crippen molar-refractivity contribution in [3.63, 3.8) is 0 Å². The fourth-order valence-electron chi connectivity index (χ4n) is 8.14. The molecule has 0 saturated carbocycles. The van der Waals surface area contributed by atoms with Gasteiger partial charge in [-0.2, -0.15) is 0 Å². The van der Waals surface area contributed by atoms with E-state index in [0.29, 0.717) is 19.3 Å². The highest BCUT2D eigenvalue weighted by atomic mass is 16.6. The Morgan fingerprint density at radius 1 is 0.259 bits per heavy atom. The monoisotopic (exact) mass is 1110 g/mol. The molecule has 81 heavy (non-hydrogen) atoms. The maximum atomic E-state index is 12.8. The molecule has 0 aromatic carbocycles. The van der Waals surface area contributed by atoms with Gasteiger partial charge in [0.05, 0.1) is 0 Å². The summed E-state index contributed by atoms with van der Waals surface area (Å²) >= 11 is 0. The molecule has 0 amide bonds. The molecule has 0 heterocycles. The van der Waals surface area contributed by atoms with Crippen LogP contribution in [0.1, 0.15) is 252 Å². The molecule has 1 atom stereocenters. The van der Waals surface area contributed by atoms with E-state index in [1.54, 1.807) is 0 Å². The molecule has 0 rings (SSSR count). The Bertz CT molecular complexity index is 1900. The van der Waals surface area contributed by atoms with Crippen molar-refractivity contribution in [2.45, 2.75) is 258 Å². The minimum atomic E-state index is -0.801. The highest BCUT2D eigenvalue weighted by molar-refractivity contribution is 5.71. The molecule has 0 radical (unpaired) electrons. The minimum Gasteiger partial charge on any atom is -0.462 e. The molecule has 452 valence electrons. The molecule has 6 nitrogen and oxygen atoms in total. The second-order valence-corrected chi connectivity index (χ2v) is 20.6. The number of hydrogen-bond acceptors (Lipinski definition) is 6. The van der Waals surface area contributed by atoms with E-state index in [0.717, 1.165) is 193 Å². The van der Waals surface area contributed by atoms with E-state index in [1.807, 2.05) is 0 Å². The van der Waals surface area contributed by atoms with E-state index in [4.69, 9.17) is 14.2 Å². The van der Waals surface area contributed by atoms with Crippen LogP contribution in [0, 0.1) is 0 Å². The third kappa shape index (κ3) is 65.2. The fourth-order valence-corrected chi connectivity index (χ4v) is 8.14. The molecule has 0 aliphatic carbocycles. The lowest BCUT2D eigenvalue weighted by Crippen LogP contribution is -2.30. The lowest BCUT2D eigenvalue weighted by atomic mass is 10.1. The molecule has 0 fully saturated rings. The Hall–Kier alpha value is -5.49. The van der Waals surface area contributed by atoms with Crippen molar-refractivity contribution in [1.82, 2.24) is 0 Å². The van der Waals surface area contributed by atoms with Gasteiger partial charge in [0.15, 0.2) is 6.10 Å². The van der Waals surface area contributed by atoms with Crippen LogP contribution in [0.5, 0.6) is 0 Å². The summed E-state index contributed by atoms with van der Waals surface area (Å²) in [7, 11) is 0. The van der Waals surface area contributed by atoms with Gasteiger partial charge in [0, 0.05) is 19.3 Å². The van der Waals surface area contributed by atoms with E-state index >= 15 is 0 Å². The van der Waals surface area contributed by atoms with Gasteiger partial charge >= 0.3 is 17.9 Å². The summed E-state index contributed by atoms with van der Waals surface area (Å²) in [5.74, 6) is -0.959. The van der Waals surface area contributed by atoms with E-state index < -0.39 is 6.10 Å². The maximum Gasteiger partial charge on any atom is 0.306 e. The average Bonchev–Trinajstić information content (AvgIpc) is 3.47. The zero-order valence-electron chi connectivity index (χ0n) is 51.7. The second-order valence-electron chi connectivity index (χ2n) is 20.6. The highest BCUT2D eigenvalue weighted by Crippen LogP contribution is 2.13. The Balaban J connectivity index is 4.18. The number of carbonyl (C=O) groups is 3. The third-order valence-corrected chi connectivity index (χ3v) is 12.9. The molecule has 0 aliphatic heterocycles. The standard InChI is InChI=1S/C75H116O6/c1-4-7-10-13-15-17-19-21-23-25-27-29-31-32-33-34-35-36-37-38-39-40-41-42-44-45-47-49-51-53-55-57-59-62-65-68-74(77)80-71-72(70-79-73(76)67-64-61-12-9-6-3)81-75(78)69-66-63-60-58-56-54-52-50-48-46-43-30-28-26-24-22-20-18-16-14-11-8-5-2/h7-8,10-11,15-18,21-24,27-30,32-33,35-36,38-39,41-42,45-48,51,53,72H,4-6,9,12-14,19-20,25-26,31,34,37,40,43-44,49-50,52,54-71H2,1-3H3/b10-7-,11-8-,17-15-,18-16-,23-21-,24-22-,29-27-,30-28-,33-32-,36-35-,39-38-,42-41-,47-45-,48-46-,53-51-. The largest absolute Gasteiger partial charge is 0.462 e. The first kappa shape index (κ1) is 75.5. The molecule has 6 heteroatoms. The number of unbranched alkanes of at least 4 members (excludes halogenated alkanes) is 15. The fraction of sp³-hybridized carbons (Fsp3) is 0.560. The van der Waals surface area contributed by atoms with Gasteiger partial charge in [-0.1, -0.05) is 274 Å². The first-order chi connectivity index (χ1) is 40.0. The molecule has 0 bridgehead atoms. The topological polar surface area (TPSA) is 78.9 Å². The van der Waals surface area contributed by atoms with Crippen LogP contribution < -0.4 is 0 Å². The first-order valence-corrected chi connectivity index (χ1v) is 32.3. The van der Waals surface area contributed by atoms with E-state index in [-0.39, 0.29) is 31.1 Å². The first-order valence-electron chi connectivity index (χ1n) is 32.3. The smallest absolute Gasteiger partial charge is 0.306 e. The van der Waals surface area contributed by atoms with Crippen molar-refractivity contribution in [3.05, 3.63) is 182 Å². The van der Waals surface area contributed by atoms with Crippen LogP contribution in [-0.4, -0.2) is 37.2 Å². The lowest BCUT2D eigenvalue weighted by molar-refractivity contribution is -0.167. The summed E-state index contributed by atoms with van der Waals surface area (Å²) in [5.41, 5.74) is 0. The van der Waals surface area contributed by atoms with Crippen LogP contribution in [0.15, 0.2) is 182 Å². The summed E-state index contributed by atoms with van der Waals surface area (Å²) in [5, 5.41) is 0. The summed E-state index contributed by atoms with van der Waals surface area (Å²) in [4.78, 5) is 37.9. The molecule has 0 saturated heterocycles. The molecule has 0 spiro atoms.